The van der Waals surface area contributed by atoms with Crippen molar-refractivity contribution in [2.45, 2.75) is 13.8 Å². The van der Waals surface area contributed by atoms with E-state index in [-0.39, 0.29) is 23.7 Å². The summed E-state index contributed by atoms with van der Waals surface area (Å²) in [5.41, 5.74) is 6.13. The van der Waals surface area contributed by atoms with Crippen molar-refractivity contribution in [3.8, 4) is 11.5 Å². The average Bonchev–Trinajstić information content (AvgIpc) is 2.45. The van der Waals surface area contributed by atoms with Gasteiger partial charge in [0.1, 0.15) is 11.5 Å². The average molecular weight is 317 g/mol. The van der Waals surface area contributed by atoms with Crippen LogP contribution in [0.3, 0.4) is 0 Å². The molecule has 0 saturated carbocycles. The Morgan fingerprint density at radius 2 is 1.67 bits per heavy atom. The summed E-state index contributed by atoms with van der Waals surface area (Å²) in [6.07, 6.45) is 0. The third-order valence-electron chi connectivity index (χ3n) is 3.16. The van der Waals surface area contributed by atoms with E-state index in [1.807, 2.05) is 13.8 Å². The fourth-order valence-electron chi connectivity index (χ4n) is 1.93. The molecule has 6 heteroatoms. The Bertz CT molecular complexity index is 456. The van der Waals surface area contributed by atoms with E-state index in [0.717, 1.165) is 0 Å². The monoisotopic (exact) mass is 316 g/mol. The highest BCUT2D eigenvalue weighted by Crippen LogP contribution is 2.24. The van der Waals surface area contributed by atoms with E-state index in [9.17, 15) is 4.79 Å². The lowest BCUT2D eigenvalue weighted by Crippen LogP contribution is -2.39. The van der Waals surface area contributed by atoms with Gasteiger partial charge in [0.2, 0.25) is 0 Å². The molecule has 0 aliphatic carbocycles. The molecular formula is C15H25ClN2O3. The molecule has 1 aromatic carbocycles. The molecule has 1 rings (SSSR count). The number of carbonyl (C=O) groups excluding carboxylic acids is 1. The van der Waals surface area contributed by atoms with Crippen molar-refractivity contribution in [2.24, 2.45) is 11.1 Å². The maximum Gasteiger partial charge on any atom is 0.253 e. The molecule has 0 bridgehead atoms. The highest BCUT2D eigenvalue weighted by Gasteiger charge is 2.22. The van der Waals surface area contributed by atoms with Crippen LogP contribution in [-0.4, -0.2) is 45.2 Å². The third kappa shape index (κ3) is 5.44. The van der Waals surface area contributed by atoms with Gasteiger partial charge in [-0.3, -0.25) is 4.79 Å². The predicted molar refractivity (Wildman–Crippen MR) is 86.6 cm³/mol. The first kappa shape index (κ1) is 19.5. The van der Waals surface area contributed by atoms with Gasteiger partial charge in [0.25, 0.3) is 5.91 Å². The zero-order valence-electron chi connectivity index (χ0n) is 13.3. The molecule has 0 saturated heterocycles. The lowest BCUT2D eigenvalue weighted by atomic mass is 9.93. The molecule has 0 atom stereocenters. The third-order valence-corrected chi connectivity index (χ3v) is 3.16. The summed E-state index contributed by atoms with van der Waals surface area (Å²) in [6, 6.07) is 5.15. The Balaban J connectivity index is 0.00000400. The first-order chi connectivity index (χ1) is 9.32. The van der Waals surface area contributed by atoms with E-state index in [4.69, 9.17) is 15.2 Å². The maximum atomic E-state index is 12.4. The van der Waals surface area contributed by atoms with E-state index in [1.165, 1.54) is 0 Å². The van der Waals surface area contributed by atoms with Crippen molar-refractivity contribution in [1.82, 2.24) is 4.90 Å². The number of hydrogen-bond acceptors (Lipinski definition) is 4. The number of nitrogens with two attached hydrogens (primary N) is 1. The fourth-order valence-corrected chi connectivity index (χ4v) is 1.93. The minimum absolute atomic E-state index is 0. The summed E-state index contributed by atoms with van der Waals surface area (Å²) in [5, 5.41) is 0. The molecule has 21 heavy (non-hydrogen) atoms. The van der Waals surface area contributed by atoms with Gasteiger partial charge in [-0.25, -0.2) is 0 Å². The topological polar surface area (TPSA) is 64.8 Å². The first-order valence-electron chi connectivity index (χ1n) is 6.51. The summed E-state index contributed by atoms with van der Waals surface area (Å²) in [6.45, 7) is 5.17. The molecule has 0 heterocycles. The largest absolute Gasteiger partial charge is 0.497 e. The molecule has 0 radical (unpaired) electrons. The Kier molecular flexibility index (Phi) is 7.53. The SMILES string of the molecule is COc1cc(OC)cc(C(=O)N(C)CC(C)(C)CN)c1.Cl. The van der Waals surface area contributed by atoms with Crippen molar-refractivity contribution in [3.05, 3.63) is 23.8 Å². The smallest absolute Gasteiger partial charge is 0.253 e. The number of methoxy groups -OCH3 is 2. The maximum absolute atomic E-state index is 12.4. The van der Waals surface area contributed by atoms with Crippen LogP contribution < -0.4 is 15.2 Å². The molecule has 0 aliphatic heterocycles. The van der Waals surface area contributed by atoms with Crippen LogP contribution in [-0.2, 0) is 0 Å². The molecular weight excluding hydrogens is 292 g/mol. The molecule has 5 nitrogen and oxygen atoms in total. The highest BCUT2D eigenvalue weighted by molar-refractivity contribution is 5.95. The molecule has 1 amide bonds. The molecule has 0 fully saturated rings. The van der Waals surface area contributed by atoms with Gasteiger partial charge in [0.15, 0.2) is 0 Å². The quantitative estimate of drug-likeness (QED) is 0.873. The van der Waals surface area contributed by atoms with Gasteiger partial charge >= 0.3 is 0 Å². The van der Waals surface area contributed by atoms with Gasteiger partial charge in [-0.1, -0.05) is 13.8 Å². The van der Waals surface area contributed by atoms with Crippen LogP contribution in [0.5, 0.6) is 11.5 Å². The predicted octanol–water partition coefficient (Wildman–Crippen LogP) is 2.18. The molecule has 2 N–H and O–H groups in total. The van der Waals surface area contributed by atoms with E-state index in [2.05, 4.69) is 0 Å². The zero-order valence-corrected chi connectivity index (χ0v) is 14.1. The van der Waals surface area contributed by atoms with Crippen LogP contribution in [0.15, 0.2) is 18.2 Å². The number of benzene rings is 1. The van der Waals surface area contributed by atoms with Crippen LogP contribution in [0, 0.1) is 5.41 Å². The van der Waals surface area contributed by atoms with Gasteiger partial charge in [0.05, 0.1) is 14.2 Å². The summed E-state index contributed by atoms with van der Waals surface area (Å²) in [5.74, 6) is 1.11. The summed E-state index contributed by atoms with van der Waals surface area (Å²) < 4.78 is 10.4. The second-order valence-electron chi connectivity index (χ2n) is 5.63. The summed E-state index contributed by atoms with van der Waals surface area (Å²) >= 11 is 0. The van der Waals surface area contributed by atoms with Gasteiger partial charge in [-0.2, -0.15) is 0 Å². The molecule has 120 valence electrons. The van der Waals surface area contributed by atoms with Crippen LogP contribution in [0.25, 0.3) is 0 Å². The number of nitrogens with zero attached hydrogens (tertiary/aromatic N) is 1. The van der Waals surface area contributed by atoms with Crippen LogP contribution in [0.1, 0.15) is 24.2 Å². The van der Waals surface area contributed by atoms with Crippen molar-refractivity contribution in [1.29, 1.82) is 0 Å². The number of amides is 1. The van der Waals surface area contributed by atoms with E-state index in [1.54, 1.807) is 44.4 Å². The molecule has 1 aromatic rings. The minimum atomic E-state index is -0.118. The molecule has 0 unspecified atom stereocenters. The number of carbonyl (C=O) groups is 1. The van der Waals surface area contributed by atoms with Crippen molar-refractivity contribution < 1.29 is 14.3 Å². The van der Waals surface area contributed by atoms with Crippen molar-refractivity contribution in [2.75, 3.05) is 34.4 Å². The Morgan fingerprint density at radius 3 is 2.05 bits per heavy atom. The minimum Gasteiger partial charge on any atom is -0.497 e. The summed E-state index contributed by atoms with van der Waals surface area (Å²) in [7, 11) is 4.89. The standard InChI is InChI=1S/C15H24N2O3.ClH/c1-15(2,9-16)10-17(3)14(18)11-6-12(19-4)8-13(7-11)20-5;/h6-8H,9-10,16H2,1-5H3;1H. The second kappa shape index (κ2) is 8.10. The highest BCUT2D eigenvalue weighted by atomic mass is 35.5. The Hall–Kier alpha value is -1.46. The lowest BCUT2D eigenvalue weighted by molar-refractivity contribution is 0.0740. The van der Waals surface area contributed by atoms with Crippen LogP contribution >= 0.6 is 12.4 Å². The zero-order chi connectivity index (χ0) is 15.3. The normalized spacial score (nSPS) is 10.6. The van der Waals surface area contributed by atoms with Crippen molar-refractivity contribution >= 4 is 18.3 Å². The van der Waals surface area contributed by atoms with Crippen LogP contribution in [0.4, 0.5) is 0 Å². The van der Waals surface area contributed by atoms with Crippen molar-refractivity contribution in [3.63, 3.8) is 0 Å². The number of halogens is 1. The molecule has 0 aromatic heterocycles. The number of hydrogen-bond donors (Lipinski definition) is 1. The fraction of sp³-hybridized carbons (Fsp3) is 0.533. The van der Waals surface area contributed by atoms with Gasteiger partial charge in [-0.05, 0) is 24.1 Å². The van der Waals surface area contributed by atoms with E-state index < -0.39 is 0 Å². The Morgan fingerprint density at radius 1 is 1.19 bits per heavy atom. The lowest BCUT2D eigenvalue weighted by Gasteiger charge is -2.29. The number of rotatable bonds is 6. The molecule has 0 aliphatic rings. The Labute approximate surface area is 132 Å². The first-order valence-corrected chi connectivity index (χ1v) is 6.51. The van der Waals surface area contributed by atoms with Gasteiger partial charge in [0, 0.05) is 25.2 Å². The second-order valence-corrected chi connectivity index (χ2v) is 5.63. The van der Waals surface area contributed by atoms with Gasteiger partial charge < -0.3 is 20.1 Å². The van der Waals surface area contributed by atoms with Gasteiger partial charge in [-0.15, -0.1) is 12.4 Å². The summed E-state index contributed by atoms with van der Waals surface area (Å²) in [4.78, 5) is 14.1. The molecule has 0 spiro atoms. The number of ether oxygens (including phenoxy) is 2. The van der Waals surface area contributed by atoms with E-state index >= 15 is 0 Å². The van der Waals surface area contributed by atoms with E-state index in [0.29, 0.717) is 30.2 Å². The van der Waals surface area contributed by atoms with Crippen LogP contribution in [0.2, 0.25) is 0 Å².